The average molecular weight is 453 g/mol. The third kappa shape index (κ3) is 5.59. The predicted octanol–water partition coefficient (Wildman–Crippen LogP) is 2.22. The van der Waals surface area contributed by atoms with Gasteiger partial charge in [-0.05, 0) is 12.1 Å². The summed E-state index contributed by atoms with van der Waals surface area (Å²) in [6.07, 6.45) is 1.63. The lowest BCUT2D eigenvalue weighted by Crippen LogP contribution is -2.38. The van der Waals surface area contributed by atoms with Gasteiger partial charge in [-0.3, -0.25) is 10.3 Å². The van der Waals surface area contributed by atoms with Gasteiger partial charge in [0, 0.05) is 50.5 Å². The Morgan fingerprint density at radius 3 is 2.67 bits per heavy atom. The lowest BCUT2D eigenvalue weighted by atomic mass is 10.2. The van der Waals surface area contributed by atoms with E-state index in [0.717, 1.165) is 62.6 Å². The Morgan fingerprint density at radius 2 is 1.82 bits per heavy atom. The van der Waals surface area contributed by atoms with Crippen molar-refractivity contribution in [3.63, 3.8) is 0 Å². The van der Waals surface area contributed by atoms with Crippen molar-refractivity contribution in [2.24, 2.45) is 5.10 Å². The molecule has 1 N–H and O–H groups in total. The number of benzene rings is 1. The SMILES string of the molecule is C(=N\Nc1cc(N2CCOCC2)cc(OCCN2CCOCC2)n1)/c1noc2ccccc12. The van der Waals surface area contributed by atoms with Crippen LogP contribution in [-0.2, 0) is 9.47 Å². The van der Waals surface area contributed by atoms with Gasteiger partial charge in [-0.2, -0.15) is 10.1 Å². The number of para-hydroxylation sites is 1. The van der Waals surface area contributed by atoms with Crippen LogP contribution in [0, 0.1) is 0 Å². The molecule has 0 spiro atoms. The van der Waals surface area contributed by atoms with Crippen LogP contribution >= 0.6 is 0 Å². The standard InChI is InChI=1S/C23H28N6O4/c1-2-4-21-19(3-1)20(27-33-21)17-24-26-22-15-18(29-8-12-31-13-9-29)16-23(25-22)32-14-7-28-5-10-30-11-6-28/h1-4,15-17H,5-14H2,(H,25,26)/b24-17+. The van der Waals surface area contributed by atoms with Gasteiger partial charge >= 0.3 is 0 Å². The van der Waals surface area contributed by atoms with Crippen LogP contribution in [-0.4, -0.2) is 87.0 Å². The van der Waals surface area contributed by atoms with Crippen molar-refractivity contribution in [3.05, 3.63) is 42.1 Å². The minimum absolute atomic E-state index is 0.563. The maximum Gasteiger partial charge on any atom is 0.217 e. The van der Waals surface area contributed by atoms with Crippen LogP contribution in [0.1, 0.15) is 5.69 Å². The second kappa shape index (κ2) is 10.6. The molecule has 0 amide bonds. The average Bonchev–Trinajstić information content (AvgIpc) is 3.28. The Labute approximate surface area is 192 Å². The number of nitrogens with one attached hydrogen (secondary N) is 1. The molecule has 0 saturated carbocycles. The highest BCUT2D eigenvalue weighted by Crippen LogP contribution is 2.25. The van der Waals surface area contributed by atoms with Crippen LogP contribution in [0.2, 0.25) is 0 Å². The Hall–Kier alpha value is -3.21. The fourth-order valence-electron chi connectivity index (χ4n) is 3.89. The molecule has 33 heavy (non-hydrogen) atoms. The van der Waals surface area contributed by atoms with E-state index in [1.165, 1.54) is 0 Å². The predicted molar refractivity (Wildman–Crippen MR) is 125 cm³/mol. The number of hydrazone groups is 1. The Balaban J connectivity index is 1.28. The van der Waals surface area contributed by atoms with Gasteiger partial charge in [-0.1, -0.05) is 17.3 Å². The van der Waals surface area contributed by atoms with Crippen LogP contribution in [0.25, 0.3) is 11.0 Å². The van der Waals surface area contributed by atoms with Gasteiger partial charge in [-0.15, -0.1) is 0 Å². The first kappa shape index (κ1) is 21.6. The fraction of sp³-hybridized carbons (Fsp3) is 0.435. The van der Waals surface area contributed by atoms with Crippen molar-refractivity contribution in [2.45, 2.75) is 0 Å². The van der Waals surface area contributed by atoms with E-state index in [0.29, 0.717) is 37.2 Å². The minimum atomic E-state index is 0.563. The van der Waals surface area contributed by atoms with E-state index in [9.17, 15) is 0 Å². The molecule has 2 fully saturated rings. The second-order valence-electron chi connectivity index (χ2n) is 7.88. The van der Waals surface area contributed by atoms with E-state index in [2.05, 4.69) is 30.5 Å². The molecule has 0 aliphatic carbocycles. The number of nitrogens with zero attached hydrogens (tertiary/aromatic N) is 5. The molecule has 3 aromatic rings. The molecule has 2 saturated heterocycles. The molecule has 5 rings (SSSR count). The molecular formula is C23H28N6O4. The number of fused-ring (bicyclic) bond motifs is 1. The van der Waals surface area contributed by atoms with E-state index in [-0.39, 0.29) is 0 Å². The van der Waals surface area contributed by atoms with Gasteiger partial charge in [0.1, 0.15) is 12.3 Å². The number of ether oxygens (including phenoxy) is 3. The van der Waals surface area contributed by atoms with Crippen molar-refractivity contribution < 1.29 is 18.7 Å². The molecule has 1 aromatic carbocycles. The summed E-state index contributed by atoms with van der Waals surface area (Å²) in [6.45, 7) is 7.88. The number of hydrogen-bond acceptors (Lipinski definition) is 10. The summed E-state index contributed by atoms with van der Waals surface area (Å²) < 4.78 is 22.3. The van der Waals surface area contributed by atoms with Crippen molar-refractivity contribution >= 4 is 28.7 Å². The summed E-state index contributed by atoms with van der Waals surface area (Å²) in [7, 11) is 0. The van der Waals surface area contributed by atoms with Gasteiger partial charge in [0.15, 0.2) is 11.4 Å². The highest BCUT2D eigenvalue weighted by atomic mass is 16.5. The van der Waals surface area contributed by atoms with E-state index < -0.39 is 0 Å². The van der Waals surface area contributed by atoms with Crippen LogP contribution in [0.4, 0.5) is 11.5 Å². The Morgan fingerprint density at radius 1 is 1.03 bits per heavy atom. The van der Waals surface area contributed by atoms with Gasteiger partial charge in [0.2, 0.25) is 5.88 Å². The first-order valence-corrected chi connectivity index (χ1v) is 11.3. The minimum Gasteiger partial charge on any atom is -0.476 e. The zero-order valence-corrected chi connectivity index (χ0v) is 18.5. The fourth-order valence-corrected chi connectivity index (χ4v) is 3.89. The molecule has 4 heterocycles. The van der Waals surface area contributed by atoms with E-state index in [4.69, 9.17) is 18.7 Å². The molecule has 2 aliphatic heterocycles. The molecule has 0 radical (unpaired) electrons. The number of anilines is 2. The highest BCUT2D eigenvalue weighted by molar-refractivity contribution is 5.95. The van der Waals surface area contributed by atoms with E-state index in [1.807, 2.05) is 36.4 Å². The van der Waals surface area contributed by atoms with Gasteiger partial charge < -0.3 is 23.6 Å². The van der Waals surface area contributed by atoms with Gasteiger partial charge in [-0.25, -0.2) is 0 Å². The van der Waals surface area contributed by atoms with Crippen molar-refractivity contribution in [1.82, 2.24) is 15.0 Å². The van der Waals surface area contributed by atoms with Crippen LogP contribution < -0.4 is 15.1 Å². The number of aromatic nitrogens is 2. The Bertz CT molecular complexity index is 1080. The Kier molecular flexibility index (Phi) is 6.95. The van der Waals surface area contributed by atoms with Crippen LogP contribution in [0.15, 0.2) is 46.0 Å². The first-order chi connectivity index (χ1) is 16.3. The molecule has 0 bridgehead atoms. The molecule has 2 aromatic heterocycles. The third-order valence-corrected chi connectivity index (χ3v) is 5.70. The number of morpholine rings is 2. The maximum absolute atomic E-state index is 6.02. The van der Waals surface area contributed by atoms with Crippen molar-refractivity contribution in [3.8, 4) is 5.88 Å². The summed E-state index contributed by atoms with van der Waals surface area (Å²) in [5.41, 5.74) is 5.43. The van der Waals surface area contributed by atoms with Gasteiger partial charge in [0.05, 0.1) is 38.0 Å². The third-order valence-electron chi connectivity index (χ3n) is 5.70. The van der Waals surface area contributed by atoms with E-state index in [1.54, 1.807) is 6.21 Å². The summed E-state index contributed by atoms with van der Waals surface area (Å²) in [5.74, 6) is 1.17. The molecule has 0 unspecified atom stereocenters. The molecule has 174 valence electrons. The monoisotopic (exact) mass is 452 g/mol. The summed E-state index contributed by atoms with van der Waals surface area (Å²) >= 11 is 0. The molecule has 2 aliphatic rings. The number of hydrogen-bond donors (Lipinski definition) is 1. The normalized spacial score (nSPS) is 17.6. The smallest absolute Gasteiger partial charge is 0.217 e. The second-order valence-corrected chi connectivity index (χ2v) is 7.88. The lowest BCUT2D eigenvalue weighted by molar-refractivity contribution is 0.0320. The number of rotatable bonds is 8. The molecule has 10 heteroatoms. The zero-order chi connectivity index (χ0) is 22.3. The van der Waals surface area contributed by atoms with Crippen molar-refractivity contribution in [2.75, 3.05) is 76.1 Å². The highest BCUT2D eigenvalue weighted by Gasteiger charge is 2.15. The summed E-state index contributed by atoms with van der Waals surface area (Å²) in [5, 5.41) is 9.32. The van der Waals surface area contributed by atoms with Gasteiger partial charge in [0.25, 0.3) is 0 Å². The summed E-state index contributed by atoms with van der Waals surface area (Å²) in [6, 6.07) is 11.6. The van der Waals surface area contributed by atoms with Crippen molar-refractivity contribution in [1.29, 1.82) is 0 Å². The topological polar surface area (TPSA) is 97.5 Å². The quantitative estimate of drug-likeness (QED) is 0.407. The zero-order valence-electron chi connectivity index (χ0n) is 18.5. The molecule has 10 nitrogen and oxygen atoms in total. The van der Waals surface area contributed by atoms with Crippen LogP contribution in [0.3, 0.4) is 0 Å². The molecule has 0 atom stereocenters. The lowest BCUT2D eigenvalue weighted by Gasteiger charge is -2.29. The maximum atomic E-state index is 6.02. The number of pyridine rings is 1. The van der Waals surface area contributed by atoms with Crippen LogP contribution in [0.5, 0.6) is 5.88 Å². The summed E-state index contributed by atoms with van der Waals surface area (Å²) in [4.78, 5) is 9.20. The van der Waals surface area contributed by atoms with E-state index >= 15 is 0 Å². The molecular weight excluding hydrogens is 424 g/mol. The first-order valence-electron chi connectivity index (χ1n) is 11.3. The largest absolute Gasteiger partial charge is 0.476 e.